The summed E-state index contributed by atoms with van der Waals surface area (Å²) in [6.45, 7) is 0.752. The molecule has 4 nitrogen and oxygen atoms in total. The molecule has 1 fully saturated rings. The van der Waals surface area contributed by atoms with Crippen LogP contribution in [0.2, 0.25) is 0 Å². The Balaban J connectivity index is 2.19. The monoisotopic (exact) mass is 341 g/mol. The van der Waals surface area contributed by atoms with Gasteiger partial charge in [0.05, 0.1) is 16.9 Å². The quantitative estimate of drug-likeness (QED) is 0.853. The fourth-order valence-corrected chi connectivity index (χ4v) is 3.10. The molecule has 100 valence electrons. The van der Waals surface area contributed by atoms with Crippen LogP contribution in [0.3, 0.4) is 0 Å². The molecule has 1 aliphatic rings. The zero-order valence-electron chi connectivity index (χ0n) is 10.2. The third kappa shape index (κ3) is 2.25. The van der Waals surface area contributed by atoms with E-state index in [0.717, 1.165) is 40.7 Å². The minimum absolute atomic E-state index is 0.0527. The van der Waals surface area contributed by atoms with Crippen LogP contribution in [0.5, 0.6) is 0 Å². The number of fused-ring (bicyclic) bond motifs is 1. The molecular weight excluding hydrogens is 330 g/mol. The van der Waals surface area contributed by atoms with Crippen molar-refractivity contribution in [3.05, 3.63) is 28.5 Å². The molecule has 0 bridgehead atoms. The van der Waals surface area contributed by atoms with E-state index >= 15 is 0 Å². The zero-order valence-corrected chi connectivity index (χ0v) is 12.5. The predicted molar refractivity (Wildman–Crippen MR) is 78.3 cm³/mol. The van der Waals surface area contributed by atoms with E-state index in [1.54, 1.807) is 0 Å². The fourth-order valence-electron chi connectivity index (χ4n) is 2.56. The lowest BCUT2D eigenvalue weighted by molar-refractivity contribution is -0.125. The Morgan fingerprint density at radius 3 is 3.11 bits per heavy atom. The molecule has 1 atom stereocenters. The van der Waals surface area contributed by atoms with Crippen LogP contribution < -0.4 is 5.32 Å². The lowest BCUT2D eigenvalue weighted by Gasteiger charge is -2.25. The van der Waals surface area contributed by atoms with Gasteiger partial charge in [0.1, 0.15) is 11.9 Å². The zero-order chi connectivity index (χ0) is 13.4. The summed E-state index contributed by atoms with van der Waals surface area (Å²) in [5, 5.41) is 2.91. The SMILES string of the molecule is O=C1NCCCC1n1c(CCl)nc2ccc(Br)cc21. The second-order valence-corrected chi connectivity index (χ2v) is 5.80. The van der Waals surface area contributed by atoms with E-state index in [-0.39, 0.29) is 11.9 Å². The average molecular weight is 343 g/mol. The van der Waals surface area contributed by atoms with Crippen molar-refractivity contribution in [3.8, 4) is 0 Å². The number of halogens is 2. The molecule has 1 saturated heterocycles. The third-order valence-electron chi connectivity index (χ3n) is 3.41. The molecule has 2 heterocycles. The summed E-state index contributed by atoms with van der Waals surface area (Å²) in [7, 11) is 0. The molecule has 0 radical (unpaired) electrons. The number of piperidine rings is 1. The molecule has 1 aromatic heterocycles. The van der Waals surface area contributed by atoms with Crippen LogP contribution in [0.4, 0.5) is 0 Å². The molecular formula is C13H13BrClN3O. The number of nitrogens with one attached hydrogen (secondary N) is 1. The number of hydrogen-bond donors (Lipinski definition) is 1. The maximum absolute atomic E-state index is 12.1. The minimum Gasteiger partial charge on any atom is -0.354 e. The van der Waals surface area contributed by atoms with Gasteiger partial charge in [0.15, 0.2) is 0 Å². The number of carbonyl (C=O) groups is 1. The van der Waals surface area contributed by atoms with E-state index in [1.807, 2.05) is 22.8 Å². The molecule has 1 aliphatic heterocycles. The lowest BCUT2D eigenvalue weighted by Crippen LogP contribution is -2.38. The highest BCUT2D eigenvalue weighted by molar-refractivity contribution is 9.10. The summed E-state index contributed by atoms with van der Waals surface area (Å²) in [5.74, 6) is 1.10. The van der Waals surface area contributed by atoms with Gasteiger partial charge in [0, 0.05) is 11.0 Å². The van der Waals surface area contributed by atoms with E-state index in [1.165, 1.54) is 0 Å². The van der Waals surface area contributed by atoms with Crippen molar-refractivity contribution in [2.24, 2.45) is 0 Å². The third-order valence-corrected chi connectivity index (χ3v) is 4.14. The van der Waals surface area contributed by atoms with E-state index in [0.29, 0.717) is 5.88 Å². The number of benzene rings is 1. The number of carbonyl (C=O) groups excluding carboxylic acids is 1. The summed E-state index contributed by atoms with van der Waals surface area (Å²) < 4.78 is 2.94. The van der Waals surface area contributed by atoms with Gasteiger partial charge in [-0.05, 0) is 31.0 Å². The molecule has 3 rings (SSSR count). The number of amides is 1. The topological polar surface area (TPSA) is 46.9 Å². The van der Waals surface area contributed by atoms with Gasteiger partial charge in [-0.3, -0.25) is 4.79 Å². The first-order chi connectivity index (χ1) is 9.20. The number of alkyl halides is 1. The van der Waals surface area contributed by atoms with Crippen molar-refractivity contribution in [1.29, 1.82) is 0 Å². The van der Waals surface area contributed by atoms with Crippen molar-refractivity contribution >= 4 is 44.5 Å². The van der Waals surface area contributed by atoms with Gasteiger partial charge >= 0.3 is 0 Å². The van der Waals surface area contributed by atoms with E-state index in [4.69, 9.17) is 11.6 Å². The van der Waals surface area contributed by atoms with E-state index in [2.05, 4.69) is 26.2 Å². The van der Waals surface area contributed by atoms with E-state index in [9.17, 15) is 4.79 Å². The maximum atomic E-state index is 12.1. The van der Waals surface area contributed by atoms with Crippen molar-refractivity contribution in [2.75, 3.05) is 6.54 Å². The molecule has 0 spiro atoms. The van der Waals surface area contributed by atoms with Gasteiger partial charge in [-0.2, -0.15) is 0 Å². The lowest BCUT2D eigenvalue weighted by atomic mass is 10.1. The number of aromatic nitrogens is 2. The second-order valence-electron chi connectivity index (χ2n) is 4.61. The summed E-state index contributed by atoms with van der Waals surface area (Å²) >= 11 is 9.45. The van der Waals surface area contributed by atoms with Crippen LogP contribution in [-0.2, 0) is 10.7 Å². The van der Waals surface area contributed by atoms with Crippen LogP contribution in [0.1, 0.15) is 24.7 Å². The van der Waals surface area contributed by atoms with Crippen LogP contribution in [0.15, 0.2) is 22.7 Å². The summed E-state index contributed by atoms with van der Waals surface area (Å²) in [5.41, 5.74) is 1.82. The summed E-state index contributed by atoms with van der Waals surface area (Å²) in [6, 6.07) is 5.66. The fraction of sp³-hybridized carbons (Fsp3) is 0.385. The normalized spacial score (nSPS) is 19.7. The van der Waals surface area contributed by atoms with Crippen LogP contribution in [-0.4, -0.2) is 22.0 Å². The Bertz CT molecular complexity index is 640. The summed E-state index contributed by atoms with van der Waals surface area (Å²) in [4.78, 5) is 16.6. The van der Waals surface area contributed by atoms with Gasteiger partial charge < -0.3 is 9.88 Å². The van der Waals surface area contributed by atoms with Crippen molar-refractivity contribution in [2.45, 2.75) is 24.8 Å². The highest BCUT2D eigenvalue weighted by Gasteiger charge is 2.27. The Morgan fingerprint density at radius 2 is 2.37 bits per heavy atom. The van der Waals surface area contributed by atoms with Crippen molar-refractivity contribution < 1.29 is 4.79 Å². The van der Waals surface area contributed by atoms with E-state index < -0.39 is 0 Å². The predicted octanol–water partition coefficient (Wildman–Crippen LogP) is 2.99. The first-order valence-corrected chi connectivity index (χ1v) is 7.53. The van der Waals surface area contributed by atoms with Crippen LogP contribution in [0.25, 0.3) is 11.0 Å². The highest BCUT2D eigenvalue weighted by atomic mass is 79.9. The van der Waals surface area contributed by atoms with Gasteiger partial charge in [-0.15, -0.1) is 11.6 Å². The molecule has 19 heavy (non-hydrogen) atoms. The standard InChI is InChI=1S/C13H13BrClN3O/c14-8-3-4-9-11(6-8)18(12(7-15)17-9)10-2-1-5-16-13(10)19/h3-4,6,10H,1-2,5,7H2,(H,16,19). The van der Waals surface area contributed by atoms with Gasteiger partial charge in [0.25, 0.3) is 0 Å². The van der Waals surface area contributed by atoms with Crippen molar-refractivity contribution in [1.82, 2.24) is 14.9 Å². The molecule has 0 saturated carbocycles. The highest BCUT2D eigenvalue weighted by Crippen LogP contribution is 2.28. The first-order valence-electron chi connectivity index (χ1n) is 6.21. The second kappa shape index (κ2) is 5.13. The molecule has 1 aromatic carbocycles. The molecule has 2 aromatic rings. The molecule has 1 amide bonds. The molecule has 1 N–H and O–H groups in total. The number of rotatable bonds is 2. The Kier molecular flexibility index (Phi) is 3.50. The Labute approximate surface area is 124 Å². The largest absolute Gasteiger partial charge is 0.354 e. The maximum Gasteiger partial charge on any atom is 0.243 e. The number of imidazole rings is 1. The number of nitrogens with zero attached hydrogens (tertiary/aromatic N) is 2. The van der Waals surface area contributed by atoms with Crippen molar-refractivity contribution in [3.63, 3.8) is 0 Å². The van der Waals surface area contributed by atoms with Gasteiger partial charge in [0.2, 0.25) is 5.91 Å². The smallest absolute Gasteiger partial charge is 0.243 e. The van der Waals surface area contributed by atoms with Gasteiger partial charge in [-0.25, -0.2) is 4.98 Å². The first kappa shape index (κ1) is 12.9. The number of hydrogen-bond acceptors (Lipinski definition) is 2. The van der Waals surface area contributed by atoms with Crippen LogP contribution >= 0.6 is 27.5 Å². The molecule has 1 unspecified atom stereocenters. The van der Waals surface area contributed by atoms with Gasteiger partial charge in [-0.1, -0.05) is 15.9 Å². The van der Waals surface area contributed by atoms with Crippen LogP contribution in [0, 0.1) is 0 Å². The Hall–Kier alpha value is -1.07. The molecule has 6 heteroatoms. The minimum atomic E-state index is -0.207. The average Bonchev–Trinajstić information content (AvgIpc) is 2.77. The summed E-state index contributed by atoms with van der Waals surface area (Å²) in [6.07, 6.45) is 1.81. The molecule has 0 aliphatic carbocycles. The Morgan fingerprint density at radius 1 is 1.53 bits per heavy atom.